The van der Waals surface area contributed by atoms with Gasteiger partial charge >= 0.3 is 5.91 Å². The summed E-state index contributed by atoms with van der Waals surface area (Å²) in [4.78, 5) is 50.4. The van der Waals surface area contributed by atoms with Crippen LogP contribution in [0.5, 0.6) is 0 Å². The maximum Gasteiger partial charge on any atom is 0.302 e. The molecule has 1 aromatic heterocycles. The number of aromatic nitrogens is 2. The van der Waals surface area contributed by atoms with Crippen LogP contribution in [0.3, 0.4) is 0 Å². The van der Waals surface area contributed by atoms with E-state index in [2.05, 4.69) is 51.4 Å². The second-order valence-corrected chi connectivity index (χ2v) is 8.54. The molecule has 3 aliphatic heterocycles. The first-order chi connectivity index (χ1) is 17.8. The van der Waals surface area contributed by atoms with E-state index < -0.39 is 17.5 Å². The number of nitroso groups, excluding NO2 is 1. The lowest BCUT2D eigenvalue weighted by atomic mass is 9.88. The van der Waals surface area contributed by atoms with Gasteiger partial charge < -0.3 is 27.2 Å². The van der Waals surface area contributed by atoms with Gasteiger partial charge in [0.05, 0.1) is 12.1 Å². The van der Waals surface area contributed by atoms with Gasteiger partial charge in [-0.2, -0.15) is 4.99 Å². The van der Waals surface area contributed by atoms with Crippen molar-refractivity contribution in [1.29, 1.82) is 0 Å². The van der Waals surface area contributed by atoms with Crippen molar-refractivity contribution in [2.24, 2.45) is 48.4 Å². The first-order valence-electron chi connectivity index (χ1n) is 10.8. The summed E-state index contributed by atoms with van der Waals surface area (Å²) >= 11 is 6.00. The minimum atomic E-state index is -0.868. The molecule has 0 aromatic carbocycles. The van der Waals surface area contributed by atoms with Crippen LogP contribution in [0.4, 0.5) is 11.6 Å². The Morgan fingerprint density at radius 1 is 1.14 bits per heavy atom. The van der Waals surface area contributed by atoms with Crippen LogP contribution < -0.4 is 28.2 Å². The number of likely N-dealkylation sites (tertiary alicyclic amines) is 1. The van der Waals surface area contributed by atoms with Crippen molar-refractivity contribution in [3.8, 4) is 0 Å². The van der Waals surface area contributed by atoms with Crippen LogP contribution in [-0.2, 0) is 4.79 Å². The van der Waals surface area contributed by atoms with E-state index in [-0.39, 0.29) is 40.0 Å². The van der Waals surface area contributed by atoms with Crippen LogP contribution in [0.1, 0.15) is 23.3 Å². The minimum absolute atomic E-state index is 0.0820. The van der Waals surface area contributed by atoms with Crippen LogP contribution in [0.15, 0.2) is 54.9 Å². The number of rotatable bonds is 5. The SMILES string of the molecule is NN=Nc1nc(N=NN)c(C(=O)/N=C2/NC3(CCN(C(=O)C4NC=CC=C4N=O)CC3)CN2N)nc1Cl. The Kier molecular flexibility index (Phi) is 7.30. The zero-order valence-corrected chi connectivity index (χ0v) is 19.9. The van der Waals surface area contributed by atoms with E-state index >= 15 is 0 Å². The third kappa shape index (κ3) is 5.19. The number of carbonyl (C=O) groups excluding carboxylic acids is 2. The highest BCUT2D eigenvalue weighted by molar-refractivity contribution is 6.31. The lowest BCUT2D eigenvalue weighted by molar-refractivity contribution is -0.133. The molecular formula is C18H22ClN15O3. The van der Waals surface area contributed by atoms with Crippen LogP contribution in [0.2, 0.25) is 5.15 Å². The van der Waals surface area contributed by atoms with Crippen molar-refractivity contribution in [3.63, 3.8) is 0 Å². The van der Waals surface area contributed by atoms with E-state index in [4.69, 9.17) is 29.1 Å². The standard InChI is InChI=1S/C18H22ClN15O3/c19-12-14(29-32-21)25-13(28-31-20)11(24-12)15(35)26-17-27-18(8-34(17)22)3-6-33(7-4-18)16(36)10-9(30-37)2-1-5-23-10/h1-2,5,10,23H,3-4,6-8,22H2,(H,26,27,35)(H4,20,21,25,28,29). The normalized spacial score (nSPS) is 21.9. The number of carbonyl (C=O) groups is 2. The summed E-state index contributed by atoms with van der Waals surface area (Å²) in [6, 6.07) is -0.834. The number of guanidine groups is 1. The van der Waals surface area contributed by atoms with Crippen molar-refractivity contribution >= 4 is 41.0 Å². The summed E-state index contributed by atoms with van der Waals surface area (Å²) in [5.41, 5.74) is -0.773. The molecule has 0 bridgehead atoms. The Hall–Kier alpha value is -4.58. The van der Waals surface area contributed by atoms with Gasteiger partial charge in [0.2, 0.25) is 17.6 Å². The fraction of sp³-hybridized carbons (Fsp3) is 0.389. The van der Waals surface area contributed by atoms with Gasteiger partial charge in [-0.25, -0.2) is 15.8 Å². The Balaban J connectivity index is 1.47. The summed E-state index contributed by atoms with van der Waals surface area (Å²) in [7, 11) is 0. The molecule has 2 fully saturated rings. The topological polar surface area (TPSA) is 260 Å². The second-order valence-electron chi connectivity index (χ2n) is 8.18. The third-order valence-electron chi connectivity index (χ3n) is 5.96. The Morgan fingerprint density at radius 3 is 2.51 bits per heavy atom. The van der Waals surface area contributed by atoms with Crippen LogP contribution >= 0.6 is 11.6 Å². The number of hydrogen-bond acceptors (Lipinski definition) is 12. The largest absolute Gasteiger partial charge is 0.375 e. The van der Waals surface area contributed by atoms with E-state index in [1.165, 1.54) is 11.1 Å². The maximum absolute atomic E-state index is 12.9. The summed E-state index contributed by atoms with van der Waals surface area (Å²) in [6.45, 7) is 1.09. The molecule has 194 valence electrons. The summed E-state index contributed by atoms with van der Waals surface area (Å²) in [5, 5.41) is 23.2. The maximum atomic E-state index is 12.9. The monoisotopic (exact) mass is 531 g/mol. The van der Waals surface area contributed by atoms with Crippen molar-refractivity contribution in [2.75, 3.05) is 19.6 Å². The van der Waals surface area contributed by atoms with Crippen LogP contribution in [0, 0.1) is 4.91 Å². The fourth-order valence-corrected chi connectivity index (χ4v) is 4.32. The Bertz CT molecular complexity index is 1250. The number of hydrogen-bond donors (Lipinski definition) is 5. The van der Waals surface area contributed by atoms with E-state index in [0.29, 0.717) is 32.5 Å². The zero-order chi connectivity index (χ0) is 26.6. The number of piperidine rings is 1. The van der Waals surface area contributed by atoms with E-state index in [1.54, 1.807) is 17.2 Å². The van der Waals surface area contributed by atoms with Crippen molar-refractivity contribution < 1.29 is 9.59 Å². The van der Waals surface area contributed by atoms with Gasteiger partial charge in [-0.3, -0.25) is 14.6 Å². The number of nitrogens with zero attached hydrogens (tertiary/aromatic N) is 10. The first kappa shape index (κ1) is 25.5. The number of amides is 2. The molecule has 1 aromatic rings. The molecule has 0 aliphatic carbocycles. The molecule has 0 saturated carbocycles. The Morgan fingerprint density at radius 2 is 1.84 bits per heavy atom. The van der Waals surface area contributed by atoms with Crippen molar-refractivity contribution in [1.82, 2.24) is 30.5 Å². The molecule has 19 heteroatoms. The van der Waals surface area contributed by atoms with Crippen LogP contribution in [-0.4, -0.2) is 68.9 Å². The average molecular weight is 532 g/mol. The van der Waals surface area contributed by atoms with Crippen molar-refractivity contribution in [3.05, 3.63) is 39.8 Å². The highest BCUT2D eigenvalue weighted by atomic mass is 35.5. The molecular weight excluding hydrogens is 510 g/mol. The van der Waals surface area contributed by atoms with Crippen molar-refractivity contribution in [2.45, 2.75) is 24.4 Å². The van der Waals surface area contributed by atoms with Gasteiger partial charge in [-0.05, 0) is 36.4 Å². The van der Waals surface area contributed by atoms with E-state index in [0.717, 1.165) is 0 Å². The van der Waals surface area contributed by atoms with Gasteiger partial charge in [0.25, 0.3) is 5.91 Å². The van der Waals surface area contributed by atoms with Gasteiger partial charge in [0.15, 0.2) is 16.9 Å². The zero-order valence-electron chi connectivity index (χ0n) is 19.2. The number of aliphatic imine (C=N–C) groups is 1. The first-order valence-corrected chi connectivity index (χ1v) is 11.2. The predicted molar refractivity (Wildman–Crippen MR) is 129 cm³/mol. The molecule has 4 heterocycles. The number of allylic oxidation sites excluding steroid dienone is 2. The van der Waals surface area contributed by atoms with Gasteiger partial charge in [0.1, 0.15) is 5.70 Å². The average Bonchev–Trinajstić information content (AvgIpc) is 3.19. The number of nitrogens with two attached hydrogens (primary N) is 3. The number of hydrazine groups is 1. The molecule has 8 N–H and O–H groups in total. The smallest absolute Gasteiger partial charge is 0.302 e. The quantitative estimate of drug-likeness (QED) is 0.144. The lowest BCUT2D eigenvalue weighted by Crippen LogP contribution is -2.56. The van der Waals surface area contributed by atoms with Crippen LogP contribution in [0.25, 0.3) is 0 Å². The van der Waals surface area contributed by atoms with E-state index in [1.807, 2.05) is 0 Å². The van der Waals surface area contributed by atoms with Gasteiger partial charge in [-0.1, -0.05) is 22.0 Å². The molecule has 1 spiro atoms. The second kappa shape index (κ2) is 10.6. The number of dihydropyridines is 1. The van der Waals surface area contributed by atoms with Gasteiger partial charge in [-0.15, -0.1) is 15.1 Å². The lowest BCUT2D eigenvalue weighted by Gasteiger charge is -2.39. The molecule has 1 atom stereocenters. The molecule has 2 amide bonds. The molecule has 0 radical (unpaired) electrons. The molecule has 1 unspecified atom stereocenters. The molecule has 18 nitrogen and oxygen atoms in total. The Labute approximate surface area is 213 Å². The predicted octanol–water partition coefficient (Wildman–Crippen LogP) is -0.183. The molecule has 3 aliphatic rings. The van der Waals surface area contributed by atoms with Gasteiger partial charge in [0, 0.05) is 13.1 Å². The minimum Gasteiger partial charge on any atom is -0.375 e. The highest BCUT2D eigenvalue weighted by Crippen LogP contribution is 2.29. The summed E-state index contributed by atoms with van der Waals surface area (Å²) in [6.07, 6.45) is 5.70. The number of nitrogens with one attached hydrogen (secondary N) is 2. The molecule has 4 rings (SSSR count). The molecule has 37 heavy (non-hydrogen) atoms. The third-order valence-corrected chi connectivity index (χ3v) is 6.22. The number of halogens is 1. The summed E-state index contributed by atoms with van der Waals surface area (Å²) in [5.74, 6) is 14.7. The summed E-state index contributed by atoms with van der Waals surface area (Å²) < 4.78 is 0. The molecule has 2 saturated heterocycles. The van der Waals surface area contributed by atoms with E-state index in [9.17, 15) is 14.5 Å². The fourth-order valence-electron chi connectivity index (χ4n) is 4.16. The highest BCUT2D eigenvalue weighted by Gasteiger charge is 2.44.